The first-order valence-corrected chi connectivity index (χ1v) is 7.11. The van der Waals surface area contributed by atoms with Gasteiger partial charge < -0.3 is 15.0 Å². The van der Waals surface area contributed by atoms with E-state index >= 15 is 0 Å². The molecule has 20 heavy (non-hydrogen) atoms. The summed E-state index contributed by atoms with van der Waals surface area (Å²) in [5.74, 6) is 0.160. The molecule has 1 N–H and O–H groups in total. The maximum absolute atomic E-state index is 13.7. The highest BCUT2D eigenvalue weighted by molar-refractivity contribution is 7.15. The first-order valence-electron chi connectivity index (χ1n) is 5.91. The van der Waals surface area contributed by atoms with E-state index in [2.05, 4.69) is 10.3 Å². The molecule has 0 spiro atoms. The van der Waals surface area contributed by atoms with Crippen LogP contribution in [0.15, 0.2) is 18.2 Å². The molecule has 1 heterocycles. The van der Waals surface area contributed by atoms with Crippen molar-refractivity contribution in [3.05, 3.63) is 33.9 Å². The lowest BCUT2D eigenvalue weighted by molar-refractivity contribution is 0.397. The zero-order chi connectivity index (χ0) is 14.7. The van der Waals surface area contributed by atoms with Gasteiger partial charge in [-0.3, -0.25) is 0 Å². The summed E-state index contributed by atoms with van der Waals surface area (Å²) in [7, 11) is 5.38. The lowest BCUT2D eigenvalue weighted by atomic mass is 10.3. The van der Waals surface area contributed by atoms with Crippen LogP contribution < -0.4 is 15.0 Å². The normalized spacial score (nSPS) is 10.4. The summed E-state index contributed by atoms with van der Waals surface area (Å²) in [5, 5.41) is 4.17. The average molecular weight is 316 g/mol. The number of thiazole rings is 1. The van der Waals surface area contributed by atoms with E-state index in [1.165, 1.54) is 17.4 Å². The van der Waals surface area contributed by atoms with Crippen LogP contribution in [0.3, 0.4) is 0 Å². The van der Waals surface area contributed by atoms with Gasteiger partial charge >= 0.3 is 0 Å². The second-order valence-electron chi connectivity index (χ2n) is 4.27. The van der Waals surface area contributed by atoms with Gasteiger partial charge in [-0.15, -0.1) is 0 Å². The van der Waals surface area contributed by atoms with Crippen LogP contribution in [0.2, 0.25) is 5.02 Å². The molecule has 0 fully saturated rings. The molecule has 2 rings (SSSR count). The van der Waals surface area contributed by atoms with E-state index in [0.717, 1.165) is 10.0 Å². The predicted octanol–water partition coefficient (Wildman–Crippen LogP) is 3.62. The van der Waals surface area contributed by atoms with E-state index in [9.17, 15) is 4.39 Å². The Balaban J connectivity index is 2.18. The number of benzene rings is 1. The quantitative estimate of drug-likeness (QED) is 0.914. The summed E-state index contributed by atoms with van der Waals surface area (Å²) in [6, 6.07) is 4.58. The summed E-state index contributed by atoms with van der Waals surface area (Å²) in [6.07, 6.45) is 0. The number of hydrogen-bond acceptors (Lipinski definition) is 5. The first-order chi connectivity index (χ1) is 9.52. The second kappa shape index (κ2) is 6.28. The Bertz CT molecular complexity index is 583. The monoisotopic (exact) mass is 315 g/mol. The molecule has 0 aliphatic carbocycles. The molecule has 0 bridgehead atoms. The molecule has 7 heteroatoms. The number of rotatable bonds is 5. The summed E-state index contributed by atoms with van der Waals surface area (Å²) < 4.78 is 18.9. The van der Waals surface area contributed by atoms with Crippen molar-refractivity contribution < 1.29 is 9.13 Å². The lowest BCUT2D eigenvalue weighted by Crippen LogP contribution is -2.07. The number of nitrogens with zero attached hydrogens (tertiary/aromatic N) is 2. The molecular weight excluding hydrogens is 301 g/mol. The van der Waals surface area contributed by atoms with Crippen LogP contribution in [0, 0.1) is 5.82 Å². The van der Waals surface area contributed by atoms with Gasteiger partial charge in [-0.1, -0.05) is 29.0 Å². The van der Waals surface area contributed by atoms with Crippen LogP contribution >= 0.6 is 22.9 Å². The van der Waals surface area contributed by atoms with E-state index < -0.39 is 0 Å². The molecule has 0 amide bonds. The predicted molar refractivity (Wildman–Crippen MR) is 81.7 cm³/mol. The Hall–Kier alpha value is -1.53. The van der Waals surface area contributed by atoms with Crippen LogP contribution in [0.4, 0.5) is 15.2 Å². The Kier molecular flexibility index (Phi) is 4.67. The fourth-order valence-corrected chi connectivity index (χ4v) is 2.75. The maximum atomic E-state index is 13.7. The number of methoxy groups -OCH3 is 1. The van der Waals surface area contributed by atoms with Gasteiger partial charge in [0.1, 0.15) is 5.82 Å². The minimum absolute atomic E-state index is 0.288. The number of para-hydroxylation sites is 1. The highest BCUT2D eigenvalue weighted by atomic mass is 35.5. The smallest absolute Gasteiger partial charge is 0.231 e. The zero-order valence-electron chi connectivity index (χ0n) is 11.4. The van der Waals surface area contributed by atoms with Gasteiger partial charge in [0.05, 0.1) is 29.2 Å². The molecule has 0 aliphatic rings. The van der Waals surface area contributed by atoms with E-state index in [1.54, 1.807) is 19.2 Å². The van der Waals surface area contributed by atoms with E-state index in [-0.39, 0.29) is 11.5 Å². The summed E-state index contributed by atoms with van der Waals surface area (Å²) in [5.41, 5.74) is 0.288. The fraction of sp³-hybridized carbons (Fsp3) is 0.308. The summed E-state index contributed by atoms with van der Waals surface area (Å²) in [6.45, 7) is 0.398. The molecule has 0 radical (unpaired) electrons. The highest BCUT2D eigenvalue weighted by Gasteiger charge is 2.14. The minimum Gasteiger partial charge on any atom is -0.480 e. The Morgan fingerprint density at radius 2 is 2.20 bits per heavy atom. The van der Waals surface area contributed by atoms with Crippen LogP contribution in [0.25, 0.3) is 0 Å². The van der Waals surface area contributed by atoms with Gasteiger partial charge in [0.25, 0.3) is 0 Å². The van der Waals surface area contributed by atoms with Gasteiger partial charge in [0.15, 0.2) is 5.13 Å². The third-order valence-electron chi connectivity index (χ3n) is 2.61. The number of ether oxygens (including phenoxy) is 1. The molecular formula is C13H15ClFN3OS. The molecule has 0 unspecified atom stereocenters. The molecule has 0 saturated carbocycles. The zero-order valence-corrected chi connectivity index (χ0v) is 13.0. The van der Waals surface area contributed by atoms with Crippen molar-refractivity contribution in [2.75, 3.05) is 31.4 Å². The Morgan fingerprint density at radius 3 is 2.80 bits per heavy atom. The van der Waals surface area contributed by atoms with Gasteiger partial charge in [-0.05, 0) is 12.1 Å². The molecule has 4 nitrogen and oxygen atoms in total. The number of halogens is 2. The second-order valence-corrected chi connectivity index (χ2v) is 5.74. The topological polar surface area (TPSA) is 37.4 Å². The van der Waals surface area contributed by atoms with E-state index in [4.69, 9.17) is 16.3 Å². The van der Waals surface area contributed by atoms with Gasteiger partial charge in [-0.25, -0.2) is 4.39 Å². The first kappa shape index (κ1) is 14.9. The van der Waals surface area contributed by atoms with Crippen molar-refractivity contribution in [2.24, 2.45) is 0 Å². The van der Waals surface area contributed by atoms with Gasteiger partial charge in [0.2, 0.25) is 5.88 Å². The Morgan fingerprint density at radius 1 is 1.45 bits per heavy atom. The summed E-state index contributed by atoms with van der Waals surface area (Å²) >= 11 is 7.46. The molecule has 0 atom stereocenters. The Labute approximate surface area is 126 Å². The molecule has 0 aliphatic heterocycles. The standard InChI is InChI=1S/C13H15ClFN3OS/c1-18(2)13-17-12(19-3)10(20-13)7-16-11-8(14)5-4-6-9(11)15/h4-6,16H,7H2,1-3H3. The third kappa shape index (κ3) is 3.13. The van der Waals surface area contributed by atoms with Crippen molar-refractivity contribution >= 4 is 33.8 Å². The molecule has 1 aromatic carbocycles. The summed E-state index contributed by atoms with van der Waals surface area (Å²) in [4.78, 5) is 7.12. The fourth-order valence-electron chi connectivity index (χ4n) is 1.62. The number of nitrogens with one attached hydrogen (secondary N) is 1. The van der Waals surface area contributed by atoms with E-state index in [1.807, 2.05) is 19.0 Å². The van der Waals surface area contributed by atoms with Crippen LogP contribution in [-0.4, -0.2) is 26.2 Å². The van der Waals surface area contributed by atoms with Gasteiger partial charge in [0, 0.05) is 14.1 Å². The van der Waals surface area contributed by atoms with Crippen LogP contribution in [-0.2, 0) is 6.54 Å². The van der Waals surface area contributed by atoms with Crippen molar-refractivity contribution in [3.8, 4) is 5.88 Å². The van der Waals surface area contributed by atoms with Crippen molar-refractivity contribution in [1.29, 1.82) is 0 Å². The van der Waals surface area contributed by atoms with Crippen molar-refractivity contribution in [3.63, 3.8) is 0 Å². The molecule has 1 aromatic heterocycles. The molecule has 2 aromatic rings. The third-order valence-corrected chi connectivity index (χ3v) is 4.13. The number of anilines is 2. The number of aromatic nitrogens is 1. The largest absolute Gasteiger partial charge is 0.480 e. The molecule has 0 saturated heterocycles. The maximum Gasteiger partial charge on any atom is 0.231 e. The van der Waals surface area contributed by atoms with Crippen LogP contribution in [0.1, 0.15) is 4.88 Å². The SMILES string of the molecule is COc1nc(N(C)C)sc1CNc1c(F)cccc1Cl. The van der Waals surface area contributed by atoms with Crippen molar-refractivity contribution in [1.82, 2.24) is 4.98 Å². The van der Waals surface area contributed by atoms with Crippen LogP contribution in [0.5, 0.6) is 5.88 Å². The highest BCUT2D eigenvalue weighted by Crippen LogP contribution is 2.32. The van der Waals surface area contributed by atoms with E-state index in [0.29, 0.717) is 17.4 Å². The van der Waals surface area contributed by atoms with Crippen molar-refractivity contribution in [2.45, 2.75) is 6.54 Å². The van der Waals surface area contributed by atoms with Gasteiger partial charge in [-0.2, -0.15) is 4.98 Å². The minimum atomic E-state index is -0.381. The average Bonchev–Trinajstić information content (AvgIpc) is 2.81. The lowest BCUT2D eigenvalue weighted by Gasteiger charge is -2.08. The molecule has 108 valence electrons. The number of hydrogen-bond donors (Lipinski definition) is 1.